The molecule has 142 valence electrons. The Morgan fingerprint density at radius 3 is 2.65 bits per heavy atom. The minimum Gasteiger partial charge on any atom is -0.465 e. The highest BCUT2D eigenvalue weighted by Gasteiger charge is 2.28. The summed E-state index contributed by atoms with van der Waals surface area (Å²) in [5.41, 5.74) is 2.32. The number of carbonyl (C=O) groups is 1. The summed E-state index contributed by atoms with van der Waals surface area (Å²) in [5.74, 6) is 0.951. The number of nitrogens with zero attached hydrogens (tertiary/aromatic N) is 5. The lowest BCUT2D eigenvalue weighted by atomic mass is 10.2. The Kier molecular flexibility index (Phi) is 4.84. The van der Waals surface area contributed by atoms with Gasteiger partial charge in [-0.25, -0.2) is 4.79 Å². The Morgan fingerprint density at radius 1 is 1.15 bits per heavy atom. The fourth-order valence-corrected chi connectivity index (χ4v) is 4.19. The van der Waals surface area contributed by atoms with E-state index in [2.05, 4.69) is 21.8 Å². The minimum absolute atomic E-state index is 0.439. The van der Waals surface area contributed by atoms with Crippen molar-refractivity contribution in [2.45, 2.75) is 38.1 Å². The van der Waals surface area contributed by atoms with Gasteiger partial charge in [-0.05, 0) is 45.7 Å². The number of fused-ring (bicyclic) bond motifs is 1. The molecule has 1 amide bonds. The van der Waals surface area contributed by atoms with Gasteiger partial charge in [0.15, 0.2) is 0 Å². The van der Waals surface area contributed by atoms with Crippen molar-refractivity contribution in [3.8, 4) is 6.01 Å². The Morgan fingerprint density at radius 2 is 1.96 bits per heavy atom. The molecular formula is C18H27N5O3. The third-order valence-electron chi connectivity index (χ3n) is 5.82. The number of hydrogen-bond donors (Lipinski definition) is 1. The second-order valence-corrected chi connectivity index (χ2v) is 7.45. The Labute approximate surface area is 153 Å². The first-order valence-electron chi connectivity index (χ1n) is 9.57. The van der Waals surface area contributed by atoms with E-state index in [1.807, 2.05) is 0 Å². The number of likely N-dealkylation sites (tertiary alicyclic amines) is 1. The molecule has 3 aliphatic rings. The van der Waals surface area contributed by atoms with Gasteiger partial charge in [0.05, 0.1) is 5.69 Å². The fourth-order valence-electron chi connectivity index (χ4n) is 4.19. The van der Waals surface area contributed by atoms with E-state index in [1.165, 1.54) is 16.9 Å². The summed E-state index contributed by atoms with van der Waals surface area (Å²) in [6, 6.07) is 0.913. The van der Waals surface area contributed by atoms with Crippen molar-refractivity contribution in [2.24, 2.45) is 0 Å². The monoisotopic (exact) mass is 361 g/mol. The Bertz CT molecular complexity index is 675. The summed E-state index contributed by atoms with van der Waals surface area (Å²) in [5, 5.41) is 9.15. The number of piperazine rings is 1. The first-order valence-corrected chi connectivity index (χ1v) is 9.57. The van der Waals surface area contributed by atoms with Crippen molar-refractivity contribution >= 4 is 11.9 Å². The molecule has 0 spiro atoms. The second kappa shape index (κ2) is 7.26. The molecule has 1 atom stereocenters. The minimum atomic E-state index is -0.845. The van der Waals surface area contributed by atoms with Crippen molar-refractivity contribution in [2.75, 3.05) is 51.3 Å². The van der Waals surface area contributed by atoms with Gasteiger partial charge in [-0.1, -0.05) is 0 Å². The summed E-state index contributed by atoms with van der Waals surface area (Å²) in [6.07, 6.45) is 4.60. The molecule has 1 aliphatic carbocycles. The fraction of sp³-hybridized carbons (Fsp3) is 0.722. The molecule has 0 radical (unpaired) electrons. The number of aromatic nitrogens is 2. The molecule has 3 heterocycles. The molecule has 2 fully saturated rings. The van der Waals surface area contributed by atoms with E-state index < -0.39 is 6.09 Å². The van der Waals surface area contributed by atoms with Crippen LogP contribution in [0.1, 0.15) is 30.5 Å². The summed E-state index contributed by atoms with van der Waals surface area (Å²) < 4.78 is 5.98. The zero-order valence-corrected chi connectivity index (χ0v) is 15.4. The molecule has 2 aliphatic heterocycles. The highest BCUT2D eigenvalue weighted by Crippen LogP contribution is 2.31. The molecule has 0 bridgehead atoms. The van der Waals surface area contributed by atoms with E-state index >= 15 is 0 Å². The number of hydrogen-bond acceptors (Lipinski definition) is 6. The molecular weight excluding hydrogens is 334 g/mol. The summed E-state index contributed by atoms with van der Waals surface area (Å²) in [6.45, 7) is 4.11. The molecule has 8 heteroatoms. The van der Waals surface area contributed by atoms with Gasteiger partial charge in [0.2, 0.25) is 0 Å². The van der Waals surface area contributed by atoms with Crippen LogP contribution in [0.15, 0.2) is 0 Å². The van der Waals surface area contributed by atoms with Crippen molar-refractivity contribution in [3.63, 3.8) is 0 Å². The maximum absolute atomic E-state index is 11.1. The van der Waals surface area contributed by atoms with E-state index in [0.29, 0.717) is 44.8 Å². The molecule has 26 heavy (non-hydrogen) atoms. The first kappa shape index (κ1) is 17.3. The van der Waals surface area contributed by atoms with Crippen molar-refractivity contribution in [1.29, 1.82) is 0 Å². The van der Waals surface area contributed by atoms with Crippen LogP contribution in [0.4, 0.5) is 10.6 Å². The number of ether oxygens (including phenoxy) is 1. The van der Waals surface area contributed by atoms with E-state index in [9.17, 15) is 4.79 Å². The van der Waals surface area contributed by atoms with Crippen molar-refractivity contribution < 1.29 is 14.6 Å². The third kappa shape index (κ3) is 3.42. The second-order valence-electron chi connectivity index (χ2n) is 7.45. The van der Waals surface area contributed by atoms with Gasteiger partial charge in [-0.2, -0.15) is 9.97 Å². The number of aryl methyl sites for hydroxylation is 1. The Hall–Kier alpha value is -2.09. The summed E-state index contributed by atoms with van der Waals surface area (Å²) >= 11 is 0. The molecule has 4 rings (SSSR count). The van der Waals surface area contributed by atoms with Gasteiger partial charge in [0.25, 0.3) is 0 Å². The summed E-state index contributed by atoms with van der Waals surface area (Å²) in [7, 11) is 2.14. The molecule has 1 aromatic heterocycles. The SMILES string of the molecule is CN1CCCC1COc1nc2c(c(N3CCN(C(=O)O)CC3)n1)CCC2. The van der Waals surface area contributed by atoms with Crippen LogP contribution < -0.4 is 9.64 Å². The highest BCUT2D eigenvalue weighted by atomic mass is 16.5. The van der Waals surface area contributed by atoms with Crippen LogP contribution in [0.3, 0.4) is 0 Å². The van der Waals surface area contributed by atoms with E-state index in [4.69, 9.17) is 14.8 Å². The van der Waals surface area contributed by atoms with Crippen molar-refractivity contribution in [3.05, 3.63) is 11.3 Å². The number of likely N-dealkylation sites (N-methyl/N-ethyl adjacent to an activating group) is 1. The van der Waals surface area contributed by atoms with Gasteiger partial charge in [-0.3, -0.25) is 0 Å². The highest BCUT2D eigenvalue weighted by molar-refractivity contribution is 5.65. The smallest absolute Gasteiger partial charge is 0.407 e. The average molecular weight is 361 g/mol. The lowest BCUT2D eigenvalue weighted by Gasteiger charge is -2.34. The number of rotatable bonds is 4. The third-order valence-corrected chi connectivity index (χ3v) is 5.82. The Balaban J connectivity index is 1.49. The van der Waals surface area contributed by atoms with Crippen LogP contribution in [-0.2, 0) is 12.8 Å². The molecule has 2 saturated heterocycles. The standard InChI is InChI=1S/C18H27N5O3/c1-21-7-3-4-13(21)12-26-17-19-15-6-2-5-14(15)16(20-17)22-8-10-23(11-9-22)18(24)25/h13H,2-12H2,1H3,(H,24,25). The quantitative estimate of drug-likeness (QED) is 0.864. The van der Waals surface area contributed by atoms with E-state index in [1.54, 1.807) is 0 Å². The number of carboxylic acid groups (broad SMARTS) is 1. The molecule has 8 nitrogen and oxygen atoms in total. The van der Waals surface area contributed by atoms with Gasteiger partial charge < -0.3 is 24.5 Å². The normalized spacial score (nSPS) is 23.3. The van der Waals surface area contributed by atoms with Crippen LogP contribution in [0.25, 0.3) is 0 Å². The molecule has 1 aromatic rings. The van der Waals surface area contributed by atoms with Gasteiger partial charge in [0.1, 0.15) is 12.4 Å². The van der Waals surface area contributed by atoms with Gasteiger partial charge >= 0.3 is 12.1 Å². The van der Waals surface area contributed by atoms with Crippen LogP contribution in [0.5, 0.6) is 6.01 Å². The topological polar surface area (TPSA) is 82.0 Å². The van der Waals surface area contributed by atoms with Crippen LogP contribution in [0.2, 0.25) is 0 Å². The van der Waals surface area contributed by atoms with Crippen molar-refractivity contribution in [1.82, 2.24) is 19.8 Å². The molecule has 0 aromatic carbocycles. The molecule has 1 N–H and O–H groups in total. The van der Waals surface area contributed by atoms with Crippen LogP contribution in [-0.4, -0.2) is 83.4 Å². The molecule has 1 unspecified atom stereocenters. The maximum Gasteiger partial charge on any atom is 0.407 e. The lowest BCUT2D eigenvalue weighted by Crippen LogP contribution is -2.48. The first-order chi connectivity index (χ1) is 12.6. The lowest BCUT2D eigenvalue weighted by molar-refractivity contribution is 0.142. The van der Waals surface area contributed by atoms with Gasteiger partial charge in [-0.15, -0.1) is 0 Å². The van der Waals surface area contributed by atoms with E-state index in [-0.39, 0.29) is 0 Å². The average Bonchev–Trinajstić information content (AvgIpc) is 3.28. The largest absolute Gasteiger partial charge is 0.465 e. The van der Waals surface area contributed by atoms with Crippen LogP contribution >= 0.6 is 0 Å². The zero-order chi connectivity index (χ0) is 18.1. The number of amides is 1. The van der Waals surface area contributed by atoms with Gasteiger partial charge in [0, 0.05) is 37.8 Å². The summed E-state index contributed by atoms with van der Waals surface area (Å²) in [4.78, 5) is 26.5. The predicted molar refractivity (Wildman–Crippen MR) is 97.0 cm³/mol. The van der Waals surface area contributed by atoms with E-state index in [0.717, 1.165) is 43.7 Å². The maximum atomic E-state index is 11.1. The van der Waals surface area contributed by atoms with Crippen LogP contribution in [0, 0.1) is 0 Å². The molecule has 0 saturated carbocycles. The number of anilines is 1. The predicted octanol–water partition coefficient (Wildman–Crippen LogP) is 1.24. The zero-order valence-electron chi connectivity index (χ0n) is 15.4.